The van der Waals surface area contributed by atoms with Crippen LogP contribution in [0.3, 0.4) is 0 Å². The van der Waals surface area contributed by atoms with Crippen molar-refractivity contribution in [1.29, 1.82) is 0 Å². The van der Waals surface area contributed by atoms with Crippen LogP contribution < -0.4 is 10.1 Å². The van der Waals surface area contributed by atoms with Crippen LogP contribution in [0.4, 0.5) is 5.69 Å². The van der Waals surface area contributed by atoms with Gasteiger partial charge in [-0.05, 0) is 31.2 Å². The van der Waals surface area contributed by atoms with Crippen LogP contribution in [0, 0.1) is 0 Å². The molecule has 6 nitrogen and oxygen atoms in total. The molecule has 7 heteroatoms. The van der Waals surface area contributed by atoms with E-state index in [1.54, 1.807) is 31.2 Å². The molecule has 1 aromatic heterocycles. The molecule has 26 heavy (non-hydrogen) atoms. The van der Waals surface area contributed by atoms with Crippen LogP contribution in [-0.2, 0) is 4.74 Å². The first-order valence-electron chi connectivity index (χ1n) is 7.93. The van der Waals surface area contributed by atoms with Gasteiger partial charge in [-0.3, -0.25) is 4.79 Å². The number of nitrogens with zero attached hydrogens (tertiary/aromatic N) is 1. The van der Waals surface area contributed by atoms with Crippen molar-refractivity contribution in [3.05, 3.63) is 70.7 Å². The molecule has 2 aromatic carbocycles. The first kappa shape index (κ1) is 17.6. The summed E-state index contributed by atoms with van der Waals surface area (Å²) in [4.78, 5) is 28.2. The molecule has 1 heterocycles. The number of thiazole rings is 1. The Morgan fingerprint density at radius 3 is 2.62 bits per heavy atom. The molecule has 3 rings (SSSR count). The van der Waals surface area contributed by atoms with Gasteiger partial charge in [-0.1, -0.05) is 24.3 Å². The Hall–Kier alpha value is -3.19. The Balaban J connectivity index is 1.68. The number of amides is 1. The Labute approximate surface area is 154 Å². The Morgan fingerprint density at radius 2 is 1.85 bits per heavy atom. The number of carbonyl (C=O) groups is 2. The molecule has 0 atom stereocenters. The van der Waals surface area contributed by atoms with Crippen molar-refractivity contribution in [2.45, 2.75) is 6.92 Å². The Morgan fingerprint density at radius 1 is 1.08 bits per heavy atom. The molecule has 0 aliphatic rings. The summed E-state index contributed by atoms with van der Waals surface area (Å²) in [6.45, 7) is 1.97. The van der Waals surface area contributed by atoms with Crippen LogP contribution in [0.15, 0.2) is 60.8 Å². The quantitative estimate of drug-likeness (QED) is 0.654. The standard InChI is InChI=1S/C19H16N2O4S/c1-2-24-19(23)18-20-12-16(26-18)17(22)21-13-7-6-10-15(11-13)25-14-8-4-3-5-9-14/h3-12H,2H2,1H3,(H,21,22). The van der Waals surface area contributed by atoms with E-state index in [0.717, 1.165) is 11.3 Å². The minimum absolute atomic E-state index is 0.151. The fourth-order valence-corrected chi connectivity index (χ4v) is 2.83. The van der Waals surface area contributed by atoms with Gasteiger partial charge in [0.2, 0.25) is 5.01 Å². The molecule has 0 radical (unpaired) electrons. The number of ether oxygens (including phenoxy) is 2. The number of hydrogen-bond acceptors (Lipinski definition) is 6. The maximum absolute atomic E-state index is 12.3. The average Bonchev–Trinajstić information content (AvgIpc) is 3.13. The molecule has 0 unspecified atom stereocenters. The first-order chi connectivity index (χ1) is 12.7. The average molecular weight is 368 g/mol. The molecule has 0 bridgehead atoms. The van der Waals surface area contributed by atoms with Crippen LogP contribution in [0.25, 0.3) is 0 Å². The van der Waals surface area contributed by atoms with Crippen LogP contribution in [-0.4, -0.2) is 23.5 Å². The predicted molar refractivity (Wildman–Crippen MR) is 99.0 cm³/mol. The van der Waals surface area contributed by atoms with E-state index in [0.29, 0.717) is 22.1 Å². The second-order valence-corrected chi connectivity index (χ2v) is 6.18. The molecule has 3 aromatic rings. The summed E-state index contributed by atoms with van der Waals surface area (Å²) in [7, 11) is 0. The summed E-state index contributed by atoms with van der Waals surface area (Å²) in [6.07, 6.45) is 1.36. The lowest BCUT2D eigenvalue weighted by Gasteiger charge is -2.08. The van der Waals surface area contributed by atoms with Crippen molar-refractivity contribution >= 4 is 28.9 Å². The molecule has 1 amide bonds. The van der Waals surface area contributed by atoms with Gasteiger partial charge >= 0.3 is 5.97 Å². The van der Waals surface area contributed by atoms with Gasteiger partial charge in [0.15, 0.2) is 0 Å². The monoisotopic (exact) mass is 368 g/mol. The van der Waals surface area contributed by atoms with Crippen molar-refractivity contribution in [3.63, 3.8) is 0 Å². The van der Waals surface area contributed by atoms with Crippen LogP contribution in [0.2, 0.25) is 0 Å². The minimum Gasteiger partial charge on any atom is -0.461 e. The summed E-state index contributed by atoms with van der Waals surface area (Å²) in [5.74, 6) is 0.424. The highest BCUT2D eigenvalue weighted by Crippen LogP contribution is 2.24. The van der Waals surface area contributed by atoms with Crippen LogP contribution in [0.1, 0.15) is 26.4 Å². The zero-order chi connectivity index (χ0) is 18.4. The van der Waals surface area contributed by atoms with Gasteiger partial charge in [0.25, 0.3) is 5.91 Å². The molecule has 0 aliphatic heterocycles. The van der Waals surface area contributed by atoms with E-state index in [9.17, 15) is 9.59 Å². The normalized spacial score (nSPS) is 10.2. The largest absolute Gasteiger partial charge is 0.461 e. The van der Waals surface area contributed by atoms with Crippen molar-refractivity contribution in [2.24, 2.45) is 0 Å². The Bertz CT molecular complexity index is 909. The maximum Gasteiger partial charge on any atom is 0.367 e. The van der Waals surface area contributed by atoms with Crippen molar-refractivity contribution in [2.75, 3.05) is 11.9 Å². The van der Waals surface area contributed by atoms with E-state index in [2.05, 4.69) is 10.3 Å². The Kier molecular flexibility index (Phi) is 5.60. The van der Waals surface area contributed by atoms with Gasteiger partial charge < -0.3 is 14.8 Å². The lowest BCUT2D eigenvalue weighted by atomic mass is 10.3. The summed E-state index contributed by atoms with van der Waals surface area (Å²) in [5, 5.41) is 2.92. The van der Waals surface area contributed by atoms with Crippen LogP contribution in [0.5, 0.6) is 11.5 Å². The highest BCUT2D eigenvalue weighted by molar-refractivity contribution is 7.15. The van der Waals surface area contributed by atoms with E-state index in [1.807, 2.05) is 30.3 Å². The third-order valence-corrected chi connectivity index (χ3v) is 4.23. The topological polar surface area (TPSA) is 77.5 Å². The zero-order valence-corrected chi connectivity index (χ0v) is 14.8. The smallest absolute Gasteiger partial charge is 0.367 e. The fourth-order valence-electron chi connectivity index (χ4n) is 2.12. The highest BCUT2D eigenvalue weighted by atomic mass is 32.1. The number of nitrogens with one attached hydrogen (secondary N) is 1. The molecule has 132 valence electrons. The number of anilines is 1. The third kappa shape index (κ3) is 4.46. The third-order valence-electron chi connectivity index (χ3n) is 3.25. The second-order valence-electron chi connectivity index (χ2n) is 5.15. The van der Waals surface area contributed by atoms with Gasteiger partial charge in [0.1, 0.15) is 16.4 Å². The molecular weight excluding hydrogens is 352 g/mol. The highest BCUT2D eigenvalue weighted by Gasteiger charge is 2.16. The number of para-hydroxylation sites is 1. The number of carbonyl (C=O) groups excluding carboxylic acids is 2. The van der Waals surface area contributed by atoms with Gasteiger partial charge in [0.05, 0.1) is 12.8 Å². The van der Waals surface area contributed by atoms with Gasteiger partial charge in [-0.15, -0.1) is 11.3 Å². The number of rotatable bonds is 6. The number of esters is 1. The van der Waals surface area contributed by atoms with Crippen LogP contribution >= 0.6 is 11.3 Å². The summed E-state index contributed by atoms with van der Waals surface area (Å²) in [6, 6.07) is 16.4. The zero-order valence-electron chi connectivity index (χ0n) is 14.0. The van der Waals surface area contributed by atoms with E-state index in [1.165, 1.54) is 6.20 Å². The molecule has 0 saturated carbocycles. The van der Waals surface area contributed by atoms with E-state index < -0.39 is 5.97 Å². The SMILES string of the molecule is CCOC(=O)c1ncc(C(=O)Nc2cccc(Oc3ccccc3)c2)s1. The molecular formula is C19H16N2O4S. The molecule has 0 aliphatic carbocycles. The van der Waals surface area contributed by atoms with E-state index >= 15 is 0 Å². The van der Waals surface area contributed by atoms with Crippen molar-refractivity contribution in [1.82, 2.24) is 4.98 Å². The first-order valence-corrected chi connectivity index (χ1v) is 8.74. The fraction of sp³-hybridized carbons (Fsp3) is 0.105. The number of hydrogen-bond donors (Lipinski definition) is 1. The summed E-state index contributed by atoms with van der Waals surface area (Å²) < 4.78 is 10.6. The lowest BCUT2D eigenvalue weighted by molar-refractivity contribution is 0.0526. The molecule has 0 spiro atoms. The second kappa shape index (κ2) is 8.26. The maximum atomic E-state index is 12.3. The van der Waals surface area contributed by atoms with Crippen molar-refractivity contribution in [3.8, 4) is 11.5 Å². The molecule has 1 N–H and O–H groups in total. The van der Waals surface area contributed by atoms with E-state index in [-0.39, 0.29) is 17.5 Å². The summed E-state index contributed by atoms with van der Waals surface area (Å²) >= 11 is 0.986. The lowest BCUT2D eigenvalue weighted by Crippen LogP contribution is -2.10. The molecule has 0 fully saturated rings. The minimum atomic E-state index is -0.533. The van der Waals surface area contributed by atoms with Gasteiger partial charge in [-0.2, -0.15) is 0 Å². The van der Waals surface area contributed by atoms with Crippen molar-refractivity contribution < 1.29 is 19.1 Å². The van der Waals surface area contributed by atoms with E-state index in [4.69, 9.17) is 9.47 Å². The predicted octanol–water partition coefficient (Wildman–Crippen LogP) is 4.36. The number of benzene rings is 2. The number of aromatic nitrogens is 1. The molecule has 0 saturated heterocycles. The van der Waals surface area contributed by atoms with Gasteiger partial charge in [-0.25, -0.2) is 9.78 Å². The van der Waals surface area contributed by atoms with Gasteiger partial charge in [0, 0.05) is 11.8 Å². The summed E-state index contributed by atoms with van der Waals surface area (Å²) in [5.41, 5.74) is 0.578.